The first-order chi connectivity index (χ1) is 9.49. The summed E-state index contributed by atoms with van der Waals surface area (Å²) in [4.78, 5) is 22.2. The Morgan fingerprint density at radius 2 is 1.55 bits per heavy atom. The Bertz CT molecular complexity index is 670. The van der Waals surface area contributed by atoms with Crippen LogP contribution in [0.1, 0.15) is 20.7 Å². The van der Waals surface area contributed by atoms with Crippen LogP contribution < -0.4 is 5.32 Å². The minimum Gasteiger partial charge on any atom is -0.478 e. The monoisotopic (exact) mass is 291 g/mol. The highest BCUT2D eigenvalue weighted by molar-refractivity contribution is 6.34. The molecule has 2 aromatic rings. The van der Waals surface area contributed by atoms with Gasteiger partial charge in [-0.15, -0.1) is 0 Å². The van der Waals surface area contributed by atoms with Gasteiger partial charge in [0.1, 0.15) is 0 Å². The lowest BCUT2D eigenvalue weighted by atomic mass is 10.1. The summed E-state index contributed by atoms with van der Waals surface area (Å²) in [5.74, 6) is -2.51. The van der Waals surface area contributed by atoms with E-state index in [2.05, 4.69) is 5.32 Å². The van der Waals surface area contributed by atoms with Gasteiger partial charge in [0.05, 0.1) is 21.8 Å². The van der Waals surface area contributed by atoms with Crippen LogP contribution in [-0.2, 0) is 0 Å². The zero-order valence-electron chi connectivity index (χ0n) is 10.1. The second-order valence-corrected chi connectivity index (χ2v) is 4.39. The van der Waals surface area contributed by atoms with Gasteiger partial charge in [0.2, 0.25) is 0 Å². The van der Waals surface area contributed by atoms with Gasteiger partial charge in [-0.25, -0.2) is 9.59 Å². The third kappa shape index (κ3) is 2.89. The average Bonchev–Trinajstić information content (AvgIpc) is 2.39. The number of anilines is 2. The standard InChI is InChI=1S/C14H10ClNO4/c15-11-7-12(16-8-4-2-1-3-5-8)10(14(19)20)6-9(11)13(17)18/h1-7,16H,(H,17,18)(H,19,20). The van der Waals surface area contributed by atoms with Crippen molar-refractivity contribution in [1.82, 2.24) is 0 Å². The highest BCUT2D eigenvalue weighted by Crippen LogP contribution is 2.28. The van der Waals surface area contributed by atoms with Crippen molar-refractivity contribution in [2.45, 2.75) is 0 Å². The fourth-order valence-corrected chi connectivity index (χ4v) is 1.94. The van der Waals surface area contributed by atoms with E-state index in [0.29, 0.717) is 5.69 Å². The molecule has 0 aliphatic heterocycles. The van der Waals surface area contributed by atoms with Gasteiger partial charge in [-0.1, -0.05) is 29.8 Å². The molecule has 0 fully saturated rings. The molecule has 0 bridgehead atoms. The predicted octanol–water partition coefficient (Wildman–Crippen LogP) is 3.48. The summed E-state index contributed by atoms with van der Waals surface area (Å²) in [5.41, 5.74) is 0.506. The number of aromatic carboxylic acids is 2. The Hall–Kier alpha value is -2.53. The number of carboxylic acid groups (broad SMARTS) is 2. The van der Waals surface area contributed by atoms with Crippen LogP contribution in [0.15, 0.2) is 42.5 Å². The molecule has 2 rings (SSSR count). The van der Waals surface area contributed by atoms with Gasteiger partial charge < -0.3 is 15.5 Å². The van der Waals surface area contributed by atoms with Crippen molar-refractivity contribution >= 4 is 34.9 Å². The molecule has 2 aromatic carbocycles. The fourth-order valence-electron chi connectivity index (χ4n) is 1.69. The summed E-state index contributed by atoms with van der Waals surface area (Å²) in [6.45, 7) is 0. The Kier molecular flexibility index (Phi) is 3.91. The molecule has 0 aliphatic carbocycles. The maximum atomic E-state index is 11.2. The number of para-hydroxylation sites is 1. The van der Waals surface area contributed by atoms with Crippen LogP contribution >= 0.6 is 11.6 Å². The zero-order chi connectivity index (χ0) is 14.7. The summed E-state index contributed by atoms with van der Waals surface area (Å²) in [6.07, 6.45) is 0. The van der Waals surface area contributed by atoms with Crippen LogP contribution in [0.25, 0.3) is 0 Å². The molecule has 0 heterocycles. The molecule has 0 saturated heterocycles. The van der Waals surface area contributed by atoms with Crippen LogP contribution in [-0.4, -0.2) is 22.2 Å². The predicted molar refractivity (Wildman–Crippen MR) is 75.1 cm³/mol. The van der Waals surface area contributed by atoms with Crippen molar-refractivity contribution in [2.75, 3.05) is 5.32 Å². The topological polar surface area (TPSA) is 86.6 Å². The number of hydrogen-bond donors (Lipinski definition) is 3. The molecule has 0 aliphatic rings. The largest absolute Gasteiger partial charge is 0.478 e. The van der Waals surface area contributed by atoms with E-state index in [1.165, 1.54) is 6.07 Å². The molecule has 0 amide bonds. The molecular weight excluding hydrogens is 282 g/mol. The number of benzene rings is 2. The van der Waals surface area contributed by atoms with Crippen LogP contribution in [0.3, 0.4) is 0 Å². The summed E-state index contributed by atoms with van der Waals surface area (Å²) >= 11 is 5.85. The van der Waals surface area contributed by atoms with E-state index in [-0.39, 0.29) is 21.8 Å². The molecule has 20 heavy (non-hydrogen) atoms. The van der Waals surface area contributed by atoms with Gasteiger partial charge in [0.25, 0.3) is 0 Å². The lowest BCUT2D eigenvalue weighted by Gasteiger charge is -2.11. The smallest absolute Gasteiger partial charge is 0.337 e. The lowest BCUT2D eigenvalue weighted by molar-refractivity contribution is 0.0696. The molecule has 102 valence electrons. The number of nitrogens with one attached hydrogen (secondary N) is 1. The Morgan fingerprint density at radius 1 is 0.950 bits per heavy atom. The number of halogens is 1. The summed E-state index contributed by atoms with van der Waals surface area (Å²) in [7, 11) is 0. The number of rotatable bonds is 4. The second kappa shape index (κ2) is 5.63. The number of carboxylic acids is 2. The molecule has 0 atom stereocenters. The number of carbonyl (C=O) groups is 2. The third-order valence-electron chi connectivity index (χ3n) is 2.62. The molecule has 6 heteroatoms. The fraction of sp³-hybridized carbons (Fsp3) is 0. The van der Waals surface area contributed by atoms with Gasteiger partial charge in [-0.3, -0.25) is 0 Å². The first-order valence-electron chi connectivity index (χ1n) is 5.61. The Morgan fingerprint density at radius 3 is 2.10 bits per heavy atom. The van der Waals surface area contributed by atoms with Crippen LogP contribution in [0.4, 0.5) is 11.4 Å². The van der Waals surface area contributed by atoms with Crippen LogP contribution in [0.5, 0.6) is 0 Å². The SMILES string of the molecule is O=C(O)c1cc(C(=O)O)c(Nc2ccccc2)cc1Cl. The molecule has 0 saturated carbocycles. The normalized spacial score (nSPS) is 10.1. The molecular formula is C14H10ClNO4. The van der Waals surface area contributed by atoms with Crippen molar-refractivity contribution in [3.05, 3.63) is 58.6 Å². The minimum absolute atomic E-state index is 0.0269. The molecule has 0 unspecified atom stereocenters. The van der Waals surface area contributed by atoms with E-state index in [4.69, 9.17) is 21.8 Å². The zero-order valence-corrected chi connectivity index (χ0v) is 10.9. The molecule has 3 N–H and O–H groups in total. The summed E-state index contributed by atoms with van der Waals surface area (Å²) < 4.78 is 0. The Balaban J connectivity index is 2.49. The maximum Gasteiger partial charge on any atom is 0.337 e. The maximum absolute atomic E-state index is 11.2. The minimum atomic E-state index is -1.27. The third-order valence-corrected chi connectivity index (χ3v) is 2.93. The summed E-state index contributed by atoms with van der Waals surface area (Å²) in [5, 5.41) is 21.0. The quantitative estimate of drug-likeness (QED) is 0.803. The highest BCUT2D eigenvalue weighted by Gasteiger charge is 2.18. The highest BCUT2D eigenvalue weighted by atomic mass is 35.5. The van der Waals surface area contributed by atoms with E-state index in [9.17, 15) is 9.59 Å². The molecule has 0 aromatic heterocycles. The van der Waals surface area contributed by atoms with Gasteiger partial charge in [-0.05, 0) is 24.3 Å². The van der Waals surface area contributed by atoms with Crippen molar-refractivity contribution in [3.8, 4) is 0 Å². The van der Waals surface area contributed by atoms with Crippen molar-refractivity contribution in [3.63, 3.8) is 0 Å². The van der Waals surface area contributed by atoms with Gasteiger partial charge >= 0.3 is 11.9 Å². The number of hydrogen-bond acceptors (Lipinski definition) is 3. The average molecular weight is 292 g/mol. The van der Waals surface area contributed by atoms with E-state index < -0.39 is 11.9 Å². The van der Waals surface area contributed by atoms with Crippen molar-refractivity contribution in [2.24, 2.45) is 0 Å². The lowest BCUT2D eigenvalue weighted by Crippen LogP contribution is -2.07. The summed E-state index contributed by atoms with van der Waals surface area (Å²) in [6, 6.07) is 11.2. The second-order valence-electron chi connectivity index (χ2n) is 3.98. The molecule has 0 radical (unpaired) electrons. The van der Waals surface area contributed by atoms with Gasteiger partial charge in [0, 0.05) is 5.69 Å². The molecule has 5 nitrogen and oxygen atoms in total. The first-order valence-corrected chi connectivity index (χ1v) is 5.99. The van der Waals surface area contributed by atoms with Gasteiger partial charge in [-0.2, -0.15) is 0 Å². The van der Waals surface area contributed by atoms with Crippen LogP contribution in [0, 0.1) is 0 Å². The van der Waals surface area contributed by atoms with E-state index >= 15 is 0 Å². The van der Waals surface area contributed by atoms with Crippen molar-refractivity contribution in [1.29, 1.82) is 0 Å². The van der Waals surface area contributed by atoms with Crippen molar-refractivity contribution < 1.29 is 19.8 Å². The van der Waals surface area contributed by atoms with E-state index in [0.717, 1.165) is 6.07 Å². The molecule has 0 spiro atoms. The van der Waals surface area contributed by atoms with Crippen LogP contribution in [0.2, 0.25) is 5.02 Å². The van der Waals surface area contributed by atoms with E-state index in [1.807, 2.05) is 6.07 Å². The Labute approximate surface area is 119 Å². The van der Waals surface area contributed by atoms with Gasteiger partial charge in [0.15, 0.2) is 0 Å². The first kappa shape index (κ1) is 13.9. The van der Waals surface area contributed by atoms with E-state index in [1.54, 1.807) is 24.3 Å².